The van der Waals surface area contributed by atoms with E-state index in [1.165, 1.54) is 49.9 Å². The molecule has 1 aromatic heterocycles. The van der Waals surface area contributed by atoms with Gasteiger partial charge in [0.2, 0.25) is 0 Å². The Hall–Kier alpha value is -0.820. The predicted octanol–water partition coefficient (Wildman–Crippen LogP) is 3.25. The molecule has 1 saturated heterocycles. The number of fused-ring (bicyclic) bond motifs is 1. The fourth-order valence-electron chi connectivity index (χ4n) is 3.80. The molecular weight excluding hydrogens is 266 g/mol. The molecular formula is C17H23NOS. The second-order valence-electron chi connectivity index (χ2n) is 5.99. The number of nitrogens with zero attached hydrogens (tertiary/aromatic N) is 1. The molecule has 0 amide bonds. The minimum Gasteiger partial charge on any atom is -0.384 e. The van der Waals surface area contributed by atoms with E-state index in [0.29, 0.717) is 0 Å². The van der Waals surface area contributed by atoms with Crippen LogP contribution in [0.2, 0.25) is 0 Å². The maximum atomic E-state index is 8.75. The van der Waals surface area contributed by atoms with Crippen molar-refractivity contribution in [3.8, 4) is 11.8 Å². The number of aliphatic hydroxyl groups excluding tert-OH is 1. The molecule has 0 unspecified atom stereocenters. The van der Waals surface area contributed by atoms with Gasteiger partial charge in [-0.1, -0.05) is 24.7 Å². The van der Waals surface area contributed by atoms with Gasteiger partial charge in [-0.25, -0.2) is 0 Å². The van der Waals surface area contributed by atoms with Gasteiger partial charge in [0.15, 0.2) is 0 Å². The van der Waals surface area contributed by atoms with Crippen LogP contribution in [0.4, 0.5) is 0 Å². The van der Waals surface area contributed by atoms with E-state index in [9.17, 15) is 0 Å². The van der Waals surface area contributed by atoms with Crippen molar-refractivity contribution in [3.05, 3.63) is 21.9 Å². The highest BCUT2D eigenvalue weighted by Crippen LogP contribution is 2.36. The number of aliphatic hydroxyl groups is 1. The normalized spacial score (nSPS) is 26.6. The van der Waals surface area contributed by atoms with Crippen molar-refractivity contribution in [2.24, 2.45) is 5.92 Å². The van der Waals surface area contributed by atoms with Crippen LogP contribution in [0.1, 0.15) is 49.0 Å². The van der Waals surface area contributed by atoms with Crippen LogP contribution in [-0.4, -0.2) is 29.2 Å². The SMILES string of the molecule is OCC#Cc1csc(CN2CCC[C@H]3CCCC[C@H]32)c1. The van der Waals surface area contributed by atoms with E-state index >= 15 is 0 Å². The quantitative estimate of drug-likeness (QED) is 0.845. The second kappa shape index (κ2) is 6.76. The van der Waals surface area contributed by atoms with Crippen molar-refractivity contribution in [1.82, 2.24) is 4.90 Å². The Morgan fingerprint density at radius 2 is 2.10 bits per heavy atom. The second-order valence-corrected chi connectivity index (χ2v) is 6.98. The van der Waals surface area contributed by atoms with Crippen LogP contribution in [0.25, 0.3) is 0 Å². The first kappa shape index (κ1) is 14.1. The summed E-state index contributed by atoms with van der Waals surface area (Å²) in [5, 5.41) is 10.9. The van der Waals surface area contributed by atoms with Crippen LogP contribution in [-0.2, 0) is 6.54 Å². The van der Waals surface area contributed by atoms with Gasteiger partial charge < -0.3 is 5.11 Å². The lowest BCUT2D eigenvalue weighted by atomic mass is 9.78. The summed E-state index contributed by atoms with van der Waals surface area (Å²) in [7, 11) is 0. The van der Waals surface area contributed by atoms with E-state index in [1.54, 1.807) is 0 Å². The summed E-state index contributed by atoms with van der Waals surface area (Å²) in [6, 6.07) is 3.02. The van der Waals surface area contributed by atoms with Crippen LogP contribution < -0.4 is 0 Å². The molecule has 0 radical (unpaired) electrons. The maximum absolute atomic E-state index is 8.75. The van der Waals surface area contributed by atoms with Crippen molar-refractivity contribution in [2.75, 3.05) is 13.2 Å². The van der Waals surface area contributed by atoms with Gasteiger partial charge in [-0.15, -0.1) is 11.3 Å². The third-order valence-electron chi connectivity index (χ3n) is 4.68. The zero-order chi connectivity index (χ0) is 13.8. The average Bonchev–Trinajstić information content (AvgIpc) is 2.93. The molecule has 3 rings (SSSR count). The Balaban J connectivity index is 1.65. The predicted molar refractivity (Wildman–Crippen MR) is 83.7 cm³/mol. The third-order valence-corrected chi connectivity index (χ3v) is 5.60. The monoisotopic (exact) mass is 289 g/mol. The van der Waals surface area contributed by atoms with Crippen molar-refractivity contribution in [1.29, 1.82) is 0 Å². The van der Waals surface area contributed by atoms with E-state index < -0.39 is 0 Å². The Kier molecular flexibility index (Phi) is 4.77. The fourth-order valence-corrected chi connectivity index (χ4v) is 4.64. The number of thiophene rings is 1. The maximum Gasteiger partial charge on any atom is 0.104 e. The van der Waals surface area contributed by atoms with Gasteiger partial charge in [-0.2, -0.15) is 0 Å². The molecule has 2 fully saturated rings. The van der Waals surface area contributed by atoms with Crippen molar-refractivity contribution < 1.29 is 5.11 Å². The highest BCUT2D eigenvalue weighted by molar-refractivity contribution is 7.10. The van der Waals surface area contributed by atoms with Gasteiger partial charge in [0.1, 0.15) is 6.61 Å². The number of hydrogen-bond donors (Lipinski definition) is 1. The van der Waals surface area contributed by atoms with Gasteiger partial charge >= 0.3 is 0 Å². The summed E-state index contributed by atoms with van der Waals surface area (Å²) in [5.74, 6) is 6.68. The summed E-state index contributed by atoms with van der Waals surface area (Å²) >= 11 is 1.81. The molecule has 108 valence electrons. The molecule has 20 heavy (non-hydrogen) atoms. The number of rotatable bonds is 2. The molecule has 1 N–H and O–H groups in total. The smallest absolute Gasteiger partial charge is 0.104 e. The minimum absolute atomic E-state index is 0.0545. The highest BCUT2D eigenvalue weighted by Gasteiger charge is 2.33. The van der Waals surface area contributed by atoms with Crippen LogP contribution in [0.3, 0.4) is 0 Å². The summed E-state index contributed by atoms with van der Waals surface area (Å²) in [6.07, 6.45) is 8.50. The largest absolute Gasteiger partial charge is 0.384 e. The van der Waals surface area contributed by atoms with E-state index in [-0.39, 0.29) is 6.61 Å². The molecule has 2 heterocycles. The molecule has 0 aromatic carbocycles. The molecule has 2 aliphatic rings. The first-order valence-electron chi connectivity index (χ1n) is 7.78. The summed E-state index contributed by atoms with van der Waals surface area (Å²) in [5.41, 5.74) is 1.05. The van der Waals surface area contributed by atoms with Gasteiger partial charge in [0, 0.05) is 28.4 Å². The van der Waals surface area contributed by atoms with Crippen molar-refractivity contribution in [2.45, 2.75) is 51.1 Å². The third kappa shape index (κ3) is 3.25. The number of likely N-dealkylation sites (tertiary alicyclic amines) is 1. The highest BCUT2D eigenvalue weighted by atomic mass is 32.1. The van der Waals surface area contributed by atoms with Crippen LogP contribution >= 0.6 is 11.3 Å². The zero-order valence-electron chi connectivity index (χ0n) is 12.0. The summed E-state index contributed by atoms with van der Waals surface area (Å²) in [6.45, 7) is 2.30. The van der Waals surface area contributed by atoms with Gasteiger partial charge in [0.25, 0.3) is 0 Å². The molecule has 2 nitrogen and oxygen atoms in total. The summed E-state index contributed by atoms with van der Waals surface area (Å²) < 4.78 is 0. The van der Waals surface area contributed by atoms with Crippen molar-refractivity contribution in [3.63, 3.8) is 0 Å². The molecule has 0 bridgehead atoms. The number of hydrogen-bond acceptors (Lipinski definition) is 3. The lowest BCUT2D eigenvalue weighted by molar-refractivity contribution is 0.0555. The molecule has 1 aliphatic carbocycles. The zero-order valence-corrected chi connectivity index (χ0v) is 12.8. The Bertz CT molecular complexity index is 497. The molecule has 3 heteroatoms. The Morgan fingerprint density at radius 3 is 3.00 bits per heavy atom. The topological polar surface area (TPSA) is 23.5 Å². The van der Waals surface area contributed by atoms with Gasteiger partial charge in [-0.05, 0) is 44.2 Å². The van der Waals surface area contributed by atoms with E-state index in [4.69, 9.17) is 5.11 Å². The van der Waals surface area contributed by atoms with Crippen LogP contribution in [0.15, 0.2) is 11.4 Å². The number of piperidine rings is 1. The minimum atomic E-state index is -0.0545. The lowest BCUT2D eigenvalue weighted by Gasteiger charge is -2.44. The van der Waals surface area contributed by atoms with Gasteiger partial charge in [-0.3, -0.25) is 4.90 Å². The Labute approximate surface area is 125 Å². The summed E-state index contributed by atoms with van der Waals surface area (Å²) in [4.78, 5) is 4.13. The molecule has 0 spiro atoms. The van der Waals surface area contributed by atoms with E-state index in [1.807, 2.05) is 11.3 Å². The molecule has 1 aliphatic heterocycles. The Morgan fingerprint density at radius 1 is 1.25 bits per heavy atom. The first-order valence-corrected chi connectivity index (χ1v) is 8.66. The fraction of sp³-hybridized carbons (Fsp3) is 0.647. The first-order chi connectivity index (χ1) is 9.86. The van der Waals surface area contributed by atoms with E-state index in [2.05, 4.69) is 28.2 Å². The van der Waals surface area contributed by atoms with Crippen LogP contribution in [0, 0.1) is 17.8 Å². The average molecular weight is 289 g/mol. The van der Waals surface area contributed by atoms with Gasteiger partial charge in [0.05, 0.1) is 0 Å². The van der Waals surface area contributed by atoms with E-state index in [0.717, 1.165) is 24.1 Å². The van der Waals surface area contributed by atoms with Crippen molar-refractivity contribution >= 4 is 11.3 Å². The molecule has 1 aromatic rings. The molecule has 1 saturated carbocycles. The van der Waals surface area contributed by atoms with Crippen LogP contribution in [0.5, 0.6) is 0 Å². The standard InChI is InChI=1S/C17H23NOS/c19-10-4-5-14-11-16(20-13-14)12-18-9-3-7-15-6-1-2-8-17(15)18/h11,13,15,17,19H,1-3,6-10,12H2/t15-,17-/m1/s1. The lowest BCUT2D eigenvalue weighted by Crippen LogP contribution is -2.46. The molecule has 2 atom stereocenters.